The summed E-state index contributed by atoms with van der Waals surface area (Å²) in [6, 6.07) is 5.39. The molecule has 3 amide bonds. The van der Waals surface area contributed by atoms with Crippen molar-refractivity contribution in [3.63, 3.8) is 0 Å². The third-order valence-corrected chi connectivity index (χ3v) is 8.28. The summed E-state index contributed by atoms with van der Waals surface area (Å²) in [7, 11) is 1.81. The van der Waals surface area contributed by atoms with Gasteiger partial charge in [0.1, 0.15) is 17.9 Å². The van der Waals surface area contributed by atoms with Crippen molar-refractivity contribution in [3.8, 4) is 5.75 Å². The average Bonchev–Trinajstić information content (AvgIpc) is 3.19. The molecular weight excluding hydrogens is 446 g/mol. The number of carbonyl (C=O) groups is 3. The van der Waals surface area contributed by atoms with Crippen LogP contribution < -0.4 is 15.4 Å². The van der Waals surface area contributed by atoms with Crippen LogP contribution in [0.2, 0.25) is 0 Å². The van der Waals surface area contributed by atoms with Crippen molar-refractivity contribution in [1.82, 2.24) is 15.5 Å². The van der Waals surface area contributed by atoms with Gasteiger partial charge < -0.3 is 19.7 Å². The van der Waals surface area contributed by atoms with E-state index in [1.807, 2.05) is 25.3 Å². The van der Waals surface area contributed by atoms with E-state index in [2.05, 4.69) is 10.6 Å². The molecule has 4 aliphatic rings. The molecule has 1 saturated heterocycles. The fraction of sp³-hybridized carbons (Fsp3) is 0.667. The van der Waals surface area contributed by atoms with Gasteiger partial charge in [0.15, 0.2) is 0 Å². The van der Waals surface area contributed by atoms with Crippen molar-refractivity contribution in [1.29, 1.82) is 0 Å². The highest BCUT2D eigenvalue weighted by Gasteiger charge is 2.39. The van der Waals surface area contributed by atoms with Crippen LogP contribution in [0.3, 0.4) is 0 Å². The Labute approximate surface area is 207 Å². The molecule has 2 saturated carbocycles. The summed E-state index contributed by atoms with van der Waals surface area (Å²) in [4.78, 5) is 38.3. The van der Waals surface area contributed by atoms with Gasteiger partial charge in [0, 0.05) is 31.7 Å². The molecule has 0 bridgehead atoms. The van der Waals surface area contributed by atoms with Gasteiger partial charge in [0.25, 0.3) is 5.91 Å². The maximum absolute atomic E-state index is 13.0. The summed E-state index contributed by atoms with van der Waals surface area (Å²) in [6.07, 6.45) is 10.4. The number of methoxy groups -OCH3 is 1. The molecule has 8 nitrogen and oxygen atoms in total. The highest BCUT2D eigenvalue weighted by Crippen LogP contribution is 2.32. The molecule has 2 aliphatic heterocycles. The largest absolute Gasteiger partial charge is 0.489 e. The van der Waals surface area contributed by atoms with E-state index in [1.54, 1.807) is 4.90 Å². The van der Waals surface area contributed by atoms with Crippen molar-refractivity contribution in [3.05, 3.63) is 29.3 Å². The number of hydrogen-bond donors (Lipinski definition) is 2. The molecule has 5 rings (SSSR count). The molecule has 0 aromatic heterocycles. The van der Waals surface area contributed by atoms with Gasteiger partial charge in [-0.3, -0.25) is 19.7 Å². The van der Waals surface area contributed by atoms with Gasteiger partial charge in [-0.25, -0.2) is 0 Å². The summed E-state index contributed by atoms with van der Waals surface area (Å²) < 4.78 is 12.0. The van der Waals surface area contributed by atoms with Gasteiger partial charge in [-0.2, -0.15) is 0 Å². The van der Waals surface area contributed by atoms with Crippen LogP contribution in [0, 0.1) is 5.92 Å². The molecule has 1 unspecified atom stereocenters. The molecule has 8 heteroatoms. The molecule has 2 N–H and O–H groups in total. The smallest absolute Gasteiger partial charge is 0.255 e. The number of piperidine rings is 1. The maximum atomic E-state index is 13.0. The van der Waals surface area contributed by atoms with Crippen LogP contribution in [0.15, 0.2) is 18.2 Å². The Morgan fingerprint density at radius 2 is 1.83 bits per heavy atom. The predicted octanol–water partition coefficient (Wildman–Crippen LogP) is 2.93. The fourth-order valence-corrected chi connectivity index (χ4v) is 6.16. The fourth-order valence-electron chi connectivity index (χ4n) is 6.16. The van der Waals surface area contributed by atoms with E-state index in [1.165, 1.54) is 19.3 Å². The Morgan fingerprint density at radius 3 is 2.60 bits per heavy atom. The van der Waals surface area contributed by atoms with E-state index < -0.39 is 6.04 Å². The van der Waals surface area contributed by atoms with Crippen molar-refractivity contribution >= 4 is 17.7 Å². The van der Waals surface area contributed by atoms with E-state index in [9.17, 15) is 14.4 Å². The van der Waals surface area contributed by atoms with Gasteiger partial charge in [-0.15, -0.1) is 0 Å². The first-order valence-corrected chi connectivity index (χ1v) is 13.2. The van der Waals surface area contributed by atoms with E-state index in [0.717, 1.165) is 50.0 Å². The number of ether oxygens (including phenoxy) is 2. The molecule has 35 heavy (non-hydrogen) atoms. The molecule has 3 fully saturated rings. The molecule has 1 aromatic rings. The Bertz CT molecular complexity index is 958. The first kappa shape index (κ1) is 24.3. The lowest BCUT2D eigenvalue weighted by Gasteiger charge is -2.35. The zero-order valence-electron chi connectivity index (χ0n) is 20.6. The molecule has 2 aliphatic carbocycles. The van der Waals surface area contributed by atoms with Crippen LogP contribution in [-0.4, -0.2) is 60.6 Å². The monoisotopic (exact) mass is 483 g/mol. The van der Waals surface area contributed by atoms with Crippen LogP contribution in [0.25, 0.3) is 0 Å². The van der Waals surface area contributed by atoms with Crippen molar-refractivity contribution in [2.45, 2.75) is 95.0 Å². The zero-order valence-corrected chi connectivity index (χ0v) is 20.6. The number of rotatable bonds is 7. The van der Waals surface area contributed by atoms with Crippen LogP contribution in [0.4, 0.5) is 0 Å². The molecule has 190 valence electrons. The first-order valence-electron chi connectivity index (χ1n) is 13.2. The minimum absolute atomic E-state index is 0.112. The number of nitrogens with zero attached hydrogens (tertiary/aromatic N) is 1. The van der Waals surface area contributed by atoms with Crippen LogP contribution >= 0.6 is 0 Å². The Hall–Kier alpha value is -2.45. The average molecular weight is 484 g/mol. The Balaban J connectivity index is 1.19. The topological polar surface area (TPSA) is 97.0 Å². The number of fused-ring (bicyclic) bond motifs is 1. The predicted molar refractivity (Wildman–Crippen MR) is 130 cm³/mol. The highest BCUT2D eigenvalue weighted by molar-refractivity contribution is 6.05. The van der Waals surface area contributed by atoms with E-state index in [4.69, 9.17) is 9.47 Å². The normalized spacial score (nSPS) is 31.3. The van der Waals surface area contributed by atoms with Gasteiger partial charge in [0.2, 0.25) is 11.8 Å². The molecule has 1 aromatic carbocycles. The summed E-state index contributed by atoms with van der Waals surface area (Å²) >= 11 is 0. The second kappa shape index (κ2) is 10.7. The number of imide groups is 1. The van der Waals surface area contributed by atoms with Crippen molar-refractivity contribution in [2.24, 2.45) is 5.92 Å². The molecule has 3 atom stereocenters. The lowest BCUT2D eigenvalue weighted by molar-refractivity contribution is -0.136. The number of benzene rings is 1. The quantitative estimate of drug-likeness (QED) is 0.579. The van der Waals surface area contributed by atoms with E-state index in [0.29, 0.717) is 36.6 Å². The SMILES string of the molecule is CO[C@H]1CC[C@H](CN[C@@H]2CCCC[C@@H]2Oc2ccc3c(c2)CN(C2CCC(=O)NC2=O)C3=O)CC1. The lowest BCUT2D eigenvalue weighted by atomic mass is 9.86. The van der Waals surface area contributed by atoms with Crippen LogP contribution in [0.5, 0.6) is 5.75 Å². The number of nitrogens with one attached hydrogen (secondary N) is 2. The minimum atomic E-state index is -0.595. The van der Waals surface area contributed by atoms with E-state index >= 15 is 0 Å². The van der Waals surface area contributed by atoms with Gasteiger partial charge in [-0.1, -0.05) is 6.42 Å². The van der Waals surface area contributed by atoms with Gasteiger partial charge in [-0.05, 0) is 87.6 Å². The third-order valence-electron chi connectivity index (χ3n) is 8.28. The summed E-state index contributed by atoms with van der Waals surface area (Å²) in [5, 5.41) is 6.17. The van der Waals surface area contributed by atoms with Crippen LogP contribution in [0.1, 0.15) is 80.1 Å². The highest BCUT2D eigenvalue weighted by atomic mass is 16.5. The van der Waals surface area contributed by atoms with Crippen molar-refractivity contribution < 1.29 is 23.9 Å². The van der Waals surface area contributed by atoms with Crippen molar-refractivity contribution in [2.75, 3.05) is 13.7 Å². The van der Waals surface area contributed by atoms with Gasteiger partial charge >= 0.3 is 0 Å². The van der Waals surface area contributed by atoms with Gasteiger partial charge in [0.05, 0.1) is 6.10 Å². The minimum Gasteiger partial charge on any atom is -0.489 e. The Kier molecular flexibility index (Phi) is 7.39. The molecule has 0 spiro atoms. The summed E-state index contributed by atoms with van der Waals surface area (Å²) in [5.41, 5.74) is 1.50. The third kappa shape index (κ3) is 5.38. The Morgan fingerprint density at radius 1 is 1.03 bits per heavy atom. The first-order chi connectivity index (χ1) is 17.0. The number of carbonyl (C=O) groups excluding carboxylic acids is 3. The molecular formula is C27H37N3O5. The van der Waals surface area contributed by atoms with E-state index in [-0.39, 0.29) is 30.2 Å². The second-order valence-corrected chi connectivity index (χ2v) is 10.6. The number of amides is 3. The summed E-state index contributed by atoms with van der Waals surface area (Å²) in [6.45, 7) is 1.40. The number of hydrogen-bond acceptors (Lipinski definition) is 6. The summed E-state index contributed by atoms with van der Waals surface area (Å²) in [5.74, 6) is 0.672. The maximum Gasteiger partial charge on any atom is 0.255 e. The van der Waals surface area contributed by atoms with Crippen LogP contribution in [-0.2, 0) is 20.9 Å². The lowest BCUT2D eigenvalue weighted by Crippen LogP contribution is -2.52. The molecule has 2 heterocycles. The second-order valence-electron chi connectivity index (χ2n) is 10.6. The standard InChI is InChI=1S/C27H37N3O5/c1-34-19-8-6-17(7-9-19)15-28-22-4-2-3-5-24(22)35-20-10-11-21-18(14-20)16-30(27(21)33)23-12-13-25(31)29-26(23)32/h10-11,14,17,19,22-24,28H,2-9,12-13,15-16H2,1H3,(H,29,31,32)/t17-,19-,22-,23?,24+/m1/s1. The zero-order chi connectivity index (χ0) is 24.4. The molecule has 0 radical (unpaired) electrons.